The van der Waals surface area contributed by atoms with Crippen LogP contribution in [0.25, 0.3) is 0 Å². The molecule has 1 amide bonds. The highest BCUT2D eigenvalue weighted by Crippen LogP contribution is 2.19. The Morgan fingerprint density at radius 2 is 1.81 bits per heavy atom. The van der Waals surface area contributed by atoms with Crippen LogP contribution in [-0.2, 0) is 14.3 Å². The van der Waals surface area contributed by atoms with Crippen molar-refractivity contribution < 1.29 is 14.3 Å². The summed E-state index contributed by atoms with van der Waals surface area (Å²) in [5.41, 5.74) is 0. The summed E-state index contributed by atoms with van der Waals surface area (Å²) in [6.07, 6.45) is 8.76. The first-order valence-electron chi connectivity index (χ1n) is 8.40. The van der Waals surface area contributed by atoms with Crippen molar-refractivity contribution in [2.45, 2.75) is 70.4 Å². The number of ether oxygens (including phenoxy) is 1. The highest BCUT2D eigenvalue weighted by molar-refractivity contribution is 5.80. The van der Waals surface area contributed by atoms with Crippen LogP contribution in [0, 0.1) is 0 Å². The van der Waals surface area contributed by atoms with Gasteiger partial charge in [-0.1, -0.05) is 25.7 Å². The van der Waals surface area contributed by atoms with Crippen LogP contribution in [0.15, 0.2) is 0 Å². The van der Waals surface area contributed by atoms with E-state index < -0.39 is 0 Å². The molecule has 0 radical (unpaired) electrons. The second kappa shape index (κ2) is 8.37. The summed E-state index contributed by atoms with van der Waals surface area (Å²) in [4.78, 5) is 26.2. The molecule has 0 aromatic heterocycles. The van der Waals surface area contributed by atoms with Crippen LogP contribution in [0.2, 0.25) is 0 Å². The second-order valence-electron chi connectivity index (χ2n) is 6.14. The van der Waals surface area contributed by atoms with E-state index in [0.29, 0.717) is 19.2 Å². The number of hydrogen-bond acceptors (Lipinski definition) is 4. The molecule has 0 aromatic carbocycles. The lowest BCUT2D eigenvalue weighted by molar-refractivity contribution is -0.151. The lowest BCUT2D eigenvalue weighted by Gasteiger charge is -2.34. The molecule has 120 valence electrons. The van der Waals surface area contributed by atoms with Gasteiger partial charge in [-0.05, 0) is 39.2 Å². The molecular formula is C16H28N2O3. The number of carbonyl (C=O) groups is 2. The van der Waals surface area contributed by atoms with Crippen molar-refractivity contribution in [3.8, 4) is 0 Å². The number of nitrogens with zero attached hydrogens (tertiary/aromatic N) is 1. The van der Waals surface area contributed by atoms with E-state index in [1.54, 1.807) is 0 Å². The van der Waals surface area contributed by atoms with Crippen LogP contribution in [-0.4, -0.2) is 48.6 Å². The van der Waals surface area contributed by atoms with E-state index in [0.717, 1.165) is 38.6 Å². The average Bonchev–Trinajstić information content (AvgIpc) is 2.49. The van der Waals surface area contributed by atoms with Gasteiger partial charge < -0.3 is 10.1 Å². The maximum absolute atomic E-state index is 12.2. The number of nitrogens with one attached hydrogen (secondary N) is 1. The van der Waals surface area contributed by atoms with E-state index >= 15 is 0 Å². The molecule has 1 saturated heterocycles. The topological polar surface area (TPSA) is 58.6 Å². The normalized spacial score (nSPS) is 24.5. The maximum atomic E-state index is 12.2. The van der Waals surface area contributed by atoms with E-state index in [1.165, 1.54) is 19.3 Å². The van der Waals surface area contributed by atoms with Gasteiger partial charge in [0, 0.05) is 6.04 Å². The second-order valence-corrected chi connectivity index (χ2v) is 6.14. The highest BCUT2D eigenvalue weighted by Gasteiger charge is 2.31. The molecule has 0 bridgehead atoms. The fraction of sp³-hybridized carbons (Fsp3) is 0.875. The van der Waals surface area contributed by atoms with Crippen molar-refractivity contribution in [3.63, 3.8) is 0 Å². The van der Waals surface area contributed by atoms with Gasteiger partial charge in [-0.2, -0.15) is 0 Å². The standard InChI is InChI=1S/C16H28N2O3/c1-2-21-16(20)14-10-6-7-11-18(14)12-15(19)17-13-8-4-3-5-9-13/h13-14H,2-12H2,1H3,(H,17,19). The van der Waals surface area contributed by atoms with E-state index in [-0.39, 0.29) is 17.9 Å². The molecule has 2 fully saturated rings. The van der Waals surface area contributed by atoms with Crippen molar-refractivity contribution in [3.05, 3.63) is 0 Å². The van der Waals surface area contributed by atoms with Crippen molar-refractivity contribution in [2.24, 2.45) is 0 Å². The van der Waals surface area contributed by atoms with Gasteiger partial charge in [0.25, 0.3) is 0 Å². The van der Waals surface area contributed by atoms with Crippen LogP contribution < -0.4 is 5.32 Å². The highest BCUT2D eigenvalue weighted by atomic mass is 16.5. The summed E-state index contributed by atoms with van der Waals surface area (Å²) in [5.74, 6) is -0.124. The minimum atomic E-state index is -0.240. The van der Waals surface area contributed by atoms with Gasteiger partial charge in [-0.25, -0.2) is 0 Å². The third kappa shape index (κ3) is 4.99. The smallest absolute Gasteiger partial charge is 0.323 e. The summed E-state index contributed by atoms with van der Waals surface area (Å²) in [6, 6.07) is 0.0906. The zero-order valence-electron chi connectivity index (χ0n) is 13.1. The Morgan fingerprint density at radius 1 is 1.10 bits per heavy atom. The SMILES string of the molecule is CCOC(=O)C1CCCCN1CC(=O)NC1CCCCC1. The van der Waals surface area contributed by atoms with Gasteiger partial charge in [0.05, 0.1) is 13.2 Å². The Kier molecular flexibility index (Phi) is 6.49. The molecule has 1 heterocycles. The monoisotopic (exact) mass is 296 g/mol. The first kappa shape index (κ1) is 16.3. The minimum absolute atomic E-state index is 0.0538. The summed E-state index contributed by atoms with van der Waals surface area (Å²) in [6.45, 7) is 3.35. The number of carbonyl (C=O) groups excluding carboxylic acids is 2. The van der Waals surface area contributed by atoms with Crippen molar-refractivity contribution in [1.29, 1.82) is 0 Å². The number of hydrogen-bond donors (Lipinski definition) is 1. The molecule has 1 N–H and O–H groups in total. The van der Waals surface area contributed by atoms with Crippen LogP contribution >= 0.6 is 0 Å². The fourth-order valence-electron chi connectivity index (χ4n) is 3.39. The predicted molar refractivity (Wildman–Crippen MR) is 80.9 cm³/mol. The number of rotatable bonds is 5. The summed E-state index contributed by atoms with van der Waals surface area (Å²) >= 11 is 0. The van der Waals surface area contributed by atoms with Crippen LogP contribution in [0.1, 0.15) is 58.3 Å². The van der Waals surface area contributed by atoms with Crippen LogP contribution in [0.3, 0.4) is 0 Å². The quantitative estimate of drug-likeness (QED) is 0.787. The first-order chi connectivity index (χ1) is 10.2. The maximum Gasteiger partial charge on any atom is 0.323 e. The predicted octanol–water partition coefficient (Wildman–Crippen LogP) is 1.85. The van der Waals surface area contributed by atoms with Gasteiger partial charge in [-0.3, -0.25) is 14.5 Å². The van der Waals surface area contributed by atoms with Crippen molar-refractivity contribution >= 4 is 11.9 Å². The van der Waals surface area contributed by atoms with E-state index in [4.69, 9.17) is 4.74 Å². The average molecular weight is 296 g/mol. The number of amides is 1. The molecule has 21 heavy (non-hydrogen) atoms. The van der Waals surface area contributed by atoms with E-state index in [2.05, 4.69) is 5.32 Å². The molecule has 2 rings (SSSR count). The molecular weight excluding hydrogens is 268 g/mol. The molecule has 0 aromatic rings. The number of esters is 1. The molecule has 1 atom stereocenters. The summed E-state index contributed by atoms with van der Waals surface area (Å²) in [5, 5.41) is 3.12. The van der Waals surface area contributed by atoms with E-state index in [1.807, 2.05) is 11.8 Å². The number of likely N-dealkylation sites (tertiary alicyclic amines) is 1. The van der Waals surface area contributed by atoms with Crippen molar-refractivity contribution in [1.82, 2.24) is 10.2 Å². The molecule has 5 heteroatoms. The Hall–Kier alpha value is -1.10. The lowest BCUT2D eigenvalue weighted by atomic mass is 9.95. The van der Waals surface area contributed by atoms with Crippen LogP contribution in [0.4, 0.5) is 0 Å². The molecule has 2 aliphatic rings. The lowest BCUT2D eigenvalue weighted by Crippen LogP contribution is -2.51. The molecule has 5 nitrogen and oxygen atoms in total. The first-order valence-corrected chi connectivity index (χ1v) is 8.40. The number of piperidine rings is 1. The van der Waals surface area contributed by atoms with Gasteiger partial charge in [0.2, 0.25) is 5.91 Å². The minimum Gasteiger partial charge on any atom is -0.465 e. The van der Waals surface area contributed by atoms with Gasteiger partial charge in [-0.15, -0.1) is 0 Å². The Bertz CT molecular complexity index is 353. The molecule has 1 aliphatic heterocycles. The molecule has 1 unspecified atom stereocenters. The Balaban J connectivity index is 1.83. The van der Waals surface area contributed by atoms with Gasteiger partial charge in [0.15, 0.2) is 0 Å². The van der Waals surface area contributed by atoms with Gasteiger partial charge in [0.1, 0.15) is 6.04 Å². The largest absolute Gasteiger partial charge is 0.465 e. The zero-order chi connectivity index (χ0) is 15.1. The molecule has 1 saturated carbocycles. The summed E-state index contributed by atoms with van der Waals surface area (Å²) in [7, 11) is 0. The van der Waals surface area contributed by atoms with Gasteiger partial charge >= 0.3 is 5.97 Å². The Morgan fingerprint density at radius 3 is 2.52 bits per heavy atom. The molecule has 1 aliphatic carbocycles. The zero-order valence-corrected chi connectivity index (χ0v) is 13.1. The third-order valence-corrected chi connectivity index (χ3v) is 4.49. The third-order valence-electron chi connectivity index (χ3n) is 4.49. The molecule has 0 spiro atoms. The Labute approximate surface area is 127 Å². The van der Waals surface area contributed by atoms with Crippen molar-refractivity contribution in [2.75, 3.05) is 19.7 Å². The fourth-order valence-corrected chi connectivity index (χ4v) is 3.39. The summed E-state index contributed by atoms with van der Waals surface area (Å²) < 4.78 is 5.13. The van der Waals surface area contributed by atoms with Crippen LogP contribution in [0.5, 0.6) is 0 Å². The van der Waals surface area contributed by atoms with E-state index in [9.17, 15) is 9.59 Å².